The van der Waals surface area contributed by atoms with Crippen LogP contribution in [0.2, 0.25) is 0 Å². The summed E-state index contributed by atoms with van der Waals surface area (Å²) in [5.74, 6) is -0.427. The molecule has 0 aliphatic carbocycles. The second-order valence-corrected chi connectivity index (χ2v) is 2.44. The molecule has 12 heavy (non-hydrogen) atoms. The van der Waals surface area contributed by atoms with Gasteiger partial charge < -0.3 is 15.3 Å². The van der Waals surface area contributed by atoms with Crippen molar-refractivity contribution in [3.63, 3.8) is 0 Å². The fourth-order valence-electron chi connectivity index (χ4n) is 0.877. The van der Waals surface area contributed by atoms with Crippen LogP contribution in [0.3, 0.4) is 0 Å². The Bertz CT molecular complexity index is 275. The summed E-state index contributed by atoms with van der Waals surface area (Å²) in [6.07, 6.45) is -0.823. The Kier molecular flexibility index (Phi) is 2.52. The molecule has 0 unspecified atom stereocenters. The monoisotopic (exact) mass is 169 g/mol. The van der Waals surface area contributed by atoms with Gasteiger partial charge in [-0.1, -0.05) is 6.07 Å². The quantitative estimate of drug-likeness (QED) is 0.380. The van der Waals surface area contributed by atoms with Gasteiger partial charge in [0.15, 0.2) is 11.5 Å². The van der Waals surface area contributed by atoms with Crippen LogP contribution in [0.4, 0.5) is 0 Å². The van der Waals surface area contributed by atoms with E-state index in [-0.39, 0.29) is 11.5 Å². The third-order valence-electron chi connectivity index (χ3n) is 1.59. The first kappa shape index (κ1) is 8.83. The summed E-state index contributed by atoms with van der Waals surface area (Å²) in [4.78, 5) is 0. The highest BCUT2D eigenvalue weighted by Crippen LogP contribution is 2.26. The van der Waals surface area contributed by atoms with Crippen molar-refractivity contribution in [1.29, 1.82) is 0 Å². The number of nitrogens with one attached hydrogen (secondary N) is 1. The Balaban J connectivity index is 2.96. The van der Waals surface area contributed by atoms with E-state index in [2.05, 4.69) is 5.32 Å². The van der Waals surface area contributed by atoms with Gasteiger partial charge in [0.1, 0.15) is 6.23 Å². The third-order valence-corrected chi connectivity index (χ3v) is 1.59. The predicted molar refractivity (Wildman–Crippen MR) is 43.8 cm³/mol. The van der Waals surface area contributed by atoms with E-state index in [1.165, 1.54) is 18.2 Å². The number of benzene rings is 1. The average molecular weight is 169 g/mol. The van der Waals surface area contributed by atoms with Crippen molar-refractivity contribution < 1.29 is 15.3 Å². The maximum absolute atomic E-state index is 9.24. The maximum atomic E-state index is 9.24. The number of aromatic hydroxyl groups is 2. The van der Waals surface area contributed by atoms with E-state index in [0.29, 0.717) is 5.56 Å². The zero-order chi connectivity index (χ0) is 9.14. The smallest absolute Gasteiger partial charge is 0.157 e. The molecule has 0 aromatic heterocycles. The lowest BCUT2D eigenvalue weighted by atomic mass is 10.2. The summed E-state index contributed by atoms with van der Waals surface area (Å²) in [6.45, 7) is 0. The van der Waals surface area contributed by atoms with Gasteiger partial charge in [0.2, 0.25) is 0 Å². The number of phenolic OH excluding ortho intramolecular Hbond substituents is 2. The molecule has 4 nitrogen and oxygen atoms in total. The van der Waals surface area contributed by atoms with Crippen LogP contribution in [0, 0.1) is 0 Å². The molecule has 1 atom stereocenters. The molecule has 1 aromatic carbocycles. The van der Waals surface area contributed by atoms with Gasteiger partial charge in [-0.3, -0.25) is 5.32 Å². The second kappa shape index (κ2) is 3.42. The van der Waals surface area contributed by atoms with E-state index in [4.69, 9.17) is 10.2 Å². The lowest BCUT2D eigenvalue weighted by molar-refractivity contribution is 0.149. The number of aliphatic hydroxyl groups excluding tert-OH is 1. The normalized spacial score (nSPS) is 12.8. The molecule has 0 spiro atoms. The topological polar surface area (TPSA) is 72.7 Å². The number of rotatable bonds is 2. The molecule has 66 valence electrons. The van der Waals surface area contributed by atoms with Crippen LogP contribution in [0.15, 0.2) is 18.2 Å². The van der Waals surface area contributed by atoms with Crippen molar-refractivity contribution in [2.24, 2.45) is 0 Å². The molecule has 0 radical (unpaired) electrons. The Morgan fingerprint density at radius 2 is 1.92 bits per heavy atom. The molecule has 4 heteroatoms. The van der Waals surface area contributed by atoms with Gasteiger partial charge in [0.25, 0.3) is 0 Å². The van der Waals surface area contributed by atoms with Gasteiger partial charge in [0.05, 0.1) is 0 Å². The predicted octanol–water partition coefficient (Wildman–Crippen LogP) is 0.308. The van der Waals surface area contributed by atoms with Gasteiger partial charge >= 0.3 is 0 Å². The molecular formula is C8H11NO3. The maximum Gasteiger partial charge on any atom is 0.157 e. The molecule has 0 amide bonds. The van der Waals surface area contributed by atoms with Crippen molar-refractivity contribution in [3.8, 4) is 11.5 Å². The van der Waals surface area contributed by atoms with Crippen LogP contribution in [0.5, 0.6) is 11.5 Å². The third kappa shape index (κ3) is 1.66. The zero-order valence-corrected chi connectivity index (χ0v) is 6.65. The van der Waals surface area contributed by atoms with E-state index in [0.717, 1.165) is 0 Å². The molecule has 0 fully saturated rings. The summed E-state index contributed by atoms with van der Waals surface area (Å²) in [7, 11) is 1.59. The molecule has 0 saturated carbocycles. The van der Waals surface area contributed by atoms with Gasteiger partial charge in [-0.05, 0) is 24.7 Å². The summed E-state index contributed by atoms with van der Waals surface area (Å²) >= 11 is 0. The van der Waals surface area contributed by atoms with Crippen LogP contribution in [-0.4, -0.2) is 22.4 Å². The molecule has 0 bridgehead atoms. The highest BCUT2D eigenvalue weighted by Gasteiger charge is 2.06. The molecule has 0 aliphatic rings. The Morgan fingerprint density at radius 3 is 2.42 bits per heavy atom. The SMILES string of the molecule is CN[C@H](O)c1ccc(O)c(O)c1. The Hall–Kier alpha value is -1.26. The van der Waals surface area contributed by atoms with E-state index < -0.39 is 6.23 Å². The van der Waals surface area contributed by atoms with E-state index >= 15 is 0 Å². The molecule has 0 heterocycles. The van der Waals surface area contributed by atoms with Crippen LogP contribution in [0.1, 0.15) is 11.8 Å². The van der Waals surface area contributed by atoms with Gasteiger partial charge in [0, 0.05) is 0 Å². The molecule has 1 aromatic rings. The zero-order valence-electron chi connectivity index (χ0n) is 6.65. The van der Waals surface area contributed by atoms with E-state index in [1.807, 2.05) is 0 Å². The first-order valence-electron chi connectivity index (χ1n) is 3.52. The van der Waals surface area contributed by atoms with Crippen molar-refractivity contribution >= 4 is 0 Å². The summed E-state index contributed by atoms with van der Waals surface area (Å²) in [5, 5.41) is 29.8. The second-order valence-electron chi connectivity index (χ2n) is 2.44. The summed E-state index contributed by atoms with van der Waals surface area (Å²) in [5.41, 5.74) is 0.507. The average Bonchev–Trinajstić information content (AvgIpc) is 2.08. The molecule has 0 saturated heterocycles. The van der Waals surface area contributed by atoms with Gasteiger partial charge in [-0.15, -0.1) is 0 Å². The first-order chi connectivity index (χ1) is 5.65. The number of aliphatic hydroxyl groups is 1. The van der Waals surface area contributed by atoms with Crippen molar-refractivity contribution in [3.05, 3.63) is 23.8 Å². The molecule has 0 aliphatic heterocycles. The minimum absolute atomic E-state index is 0.193. The first-order valence-corrected chi connectivity index (χ1v) is 3.52. The lowest BCUT2D eigenvalue weighted by Crippen LogP contribution is -2.14. The highest BCUT2D eigenvalue weighted by molar-refractivity contribution is 5.40. The number of phenols is 2. The van der Waals surface area contributed by atoms with Crippen LogP contribution < -0.4 is 5.32 Å². The summed E-state index contributed by atoms with van der Waals surface area (Å²) in [6, 6.07) is 4.15. The fraction of sp³-hybridized carbons (Fsp3) is 0.250. The lowest BCUT2D eigenvalue weighted by Gasteiger charge is -2.09. The molecule has 1 rings (SSSR count). The van der Waals surface area contributed by atoms with E-state index in [1.54, 1.807) is 7.05 Å². The fourth-order valence-corrected chi connectivity index (χ4v) is 0.877. The highest BCUT2D eigenvalue weighted by atomic mass is 16.3. The van der Waals surface area contributed by atoms with Crippen LogP contribution >= 0.6 is 0 Å². The minimum atomic E-state index is -0.823. The Labute approximate surface area is 70.1 Å². The van der Waals surface area contributed by atoms with Crippen molar-refractivity contribution in [2.75, 3.05) is 7.05 Å². The Morgan fingerprint density at radius 1 is 1.25 bits per heavy atom. The van der Waals surface area contributed by atoms with Gasteiger partial charge in [-0.25, -0.2) is 0 Å². The largest absolute Gasteiger partial charge is 0.504 e. The number of hydrogen-bond donors (Lipinski definition) is 4. The number of hydrogen-bond acceptors (Lipinski definition) is 4. The van der Waals surface area contributed by atoms with Gasteiger partial charge in [-0.2, -0.15) is 0 Å². The van der Waals surface area contributed by atoms with Crippen molar-refractivity contribution in [2.45, 2.75) is 6.23 Å². The standard InChI is InChI=1S/C8H11NO3/c1-9-8(12)5-2-3-6(10)7(11)4-5/h2-4,8-12H,1H3/t8-/m1/s1. The molecular weight excluding hydrogens is 158 g/mol. The molecule has 4 N–H and O–H groups in total. The minimum Gasteiger partial charge on any atom is -0.504 e. The van der Waals surface area contributed by atoms with Crippen LogP contribution in [0.25, 0.3) is 0 Å². The van der Waals surface area contributed by atoms with E-state index in [9.17, 15) is 5.11 Å². The summed E-state index contributed by atoms with van der Waals surface area (Å²) < 4.78 is 0. The van der Waals surface area contributed by atoms with Crippen molar-refractivity contribution in [1.82, 2.24) is 5.32 Å². The van der Waals surface area contributed by atoms with Crippen LogP contribution in [-0.2, 0) is 0 Å².